The van der Waals surface area contributed by atoms with E-state index in [9.17, 15) is 9.90 Å². The number of aromatic hydroxyl groups is 1. The predicted molar refractivity (Wildman–Crippen MR) is 68.9 cm³/mol. The van der Waals surface area contributed by atoms with Gasteiger partial charge in [-0.3, -0.25) is 0 Å². The zero-order valence-electron chi connectivity index (χ0n) is 9.84. The van der Waals surface area contributed by atoms with Gasteiger partial charge in [-0.05, 0) is 42.2 Å². The van der Waals surface area contributed by atoms with Crippen LogP contribution in [0.25, 0.3) is 0 Å². The average Bonchev–Trinajstić information content (AvgIpc) is 2.37. The SMILES string of the molecule is O=C(O)c1cc(O)cc(CCc2ccccc2)c1. The fourth-order valence-corrected chi connectivity index (χ4v) is 1.88. The van der Waals surface area contributed by atoms with Crippen LogP contribution in [-0.4, -0.2) is 16.2 Å². The van der Waals surface area contributed by atoms with E-state index in [0.717, 1.165) is 12.0 Å². The van der Waals surface area contributed by atoms with Gasteiger partial charge in [-0.25, -0.2) is 4.79 Å². The minimum Gasteiger partial charge on any atom is -0.508 e. The van der Waals surface area contributed by atoms with Crippen molar-refractivity contribution in [1.82, 2.24) is 0 Å². The lowest BCUT2D eigenvalue weighted by Gasteiger charge is -2.05. The molecule has 2 aromatic rings. The molecular formula is C15H14O3. The molecule has 3 nitrogen and oxygen atoms in total. The van der Waals surface area contributed by atoms with Crippen LogP contribution in [0.4, 0.5) is 0 Å². The molecule has 0 unspecified atom stereocenters. The van der Waals surface area contributed by atoms with E-state index in [1.165, 1.54) is 11.6 Å². The summed E-state index contributed by atoms with van der Waals surface area (Å²) in [5.74, 6) is -1.02. The standard InChI is InChI=1S/C15H14O3/c16-14-9-12(8-13(10-14)15(17)18)7-6-11-4-2-1-3-5-11/h1-5,8-10,16H,6-7H2,(H,17,18). The molecule has 0 aliphatic carbocycles. The number of hydrogen-bond acceptors (Lipinski definition) is 2. The highest BCUT2D eigenvalue weighted by molar-refractivity contribution is 5.88. The molecule has 2 N–H and O–H groups in total. The van der Waals surface area contributed by atoms with Gasteiger partial charge in [-0.15, -0.1) is 0 Å². The Morgan fingerprint density at radius 3 is 2.28 bits per heavy atom. The molecular weight excluding hydrogens is 228 g/mol. The maximum absolute atomic E-state index is 10.9. The van der Waals surface area contributed by atoms with Crippen molar-refractivity contribution in [2.45, 2.75) is 12.8 Å². The Morgan fingerprint density at radius 2 is 1.61 bits per heavy atom. The first-order chi connectivity index (χ1) is 8.65. The maximum Gasteiger partial charge on any atom is 0.335 e. The number of rotatable bonds is 4. The Labute approximate surface area is 105 Å². The van der Waals surface area contributed by atoms with Gasteiger partial charge in [0.05, 0.1) is 5.56 Å². The molecule has 0 bridgehead atoms. The molecule has 0 aliphatic rings. The van der Waals surface area contributed by atoms with Crippen molar-refractivity contribution in [2.75, 3.05) is 0 Å². The first-order valence-electron chi connectivity index (χ1n) is 5.75. The van der Waals surface area contributed by atoms with Crippen molar-refractivity contribution < 1.29 is 15.0 Å². The van der Waals surface area contributed by atoms with Crippen molar-refractivity contribution in [1.29, 1.82) is 0 Å². The smallest absolute Gasteiger partial charge is 0.335 e. The van der Waals surface area contributed by atoms with Crippen LogP contribution in [0.2, 0.25) is 0 Å². The summed E-state index contributed by atoms with van der Waals surface area (Å²) in [6.07, 6.45) is 1.53. The third kappa shape index (κ3) is 3.10. The number of carbonyl (C=O) groups is 1. The van der Waals surface area contributed by atoms with E-state index < -0.39 is 5.97 Å². The van der Waals surface area contributed by atoms with Crippen molar-refractivity contribution in [2.24, 2.45) is 0 Å². The summed E-state index contributed by atoms with van der Waals surface area (Å²) in [4.78, 5) is 10.9. The molecule has 92 valence electrons. The molecule has 0 atom stereocenters. The molecule has 0 radical (unpaired) electrons. The quantitative estimate of drug-likeness (QED) is 0.866. The van der Waals surface area contributed by atoms with E-state index >= 15 is 0 Å². The van der Waals surface area contributed by atoms with E-state index in [2.05, 4.69) is 0 Å². The monoisotopic (exact) mass is 242 g/mol. The van der Waals surface area contributed by atoms with Crippen molar-refractivity contribution in [3.63, 3.8) is 0 Å². The molecule has 3 heteroatoms. The Morgan fingerprint density at radius 1 is 0.944 bits per heavy atom. The van der Waals surface area contributed by atoms with Crippen molar-refractivity contribution >= 4 is 5.97 Å². The molecule has 0 aromatic heterocycles. The molecule has 0 heterocycles. The molecule has 0 saturated heterocycles. The highest BCUT2D eigenvalue weighted by Crippen LogP contribution is 2.17. The Balaban J connectivity index is 2.12. The molecule has 0 spiro atoms. The summed E-state index contributed by atoms with van der Waals surface area (Å²) in [6.45, 7) is 0. The average molecular weight is 242 g/mol. The molecule has 18 heavy (non-hydrogen) atoms. The normalized spacial score (nSPS) is 10.2. The van der Waals surface area contributed by atoms with Crippen LogP contribution in [0.3, 0.4) is 0 Å². The zero-order valence-corrected chi connectivity index (χ0v) is 9.84. The molecule has 2 aromatic carbocycles. The summed E-state index contributed by atoms with van der Waals surface area (Å²) in [6, 6.07) is 14.4. The largest absolute Gasteiger partial charge is 0.508 e. The van der Waals surface area contributed by atoms with Crippen LogP contribution in [0.5, 0.6) is 5.75 Å². The summed E-state index contributed by atoms with van der Waals surface area (Å²) in [5, 5.41) is 18.4. The first-order valence-corrected chi connectivity index (χ1v) is 5.75. The van der Waals surface area contributed by atoms with Crippen LogP contribution in [-0.2, 0) is 12.8 Å². The van der Waals surface area contributed by atoms with Crippen LogP contribution < -0.4 is 0 Å². The second-order valence-electron chi connectivity index (χ2n) is 4.18. The number of benzene rings is 2. The Kier molecular flexibility index (Phi) is 3.63. The topological polar surface area (TPSA) is 57.5 Å². The van der Waals surface area contributed by atoms with Gasteiger partial charge in [0.15, 0.2) is 0 Å². The summed E-state index contributed by atoms with van der Waals surface area (Å²) in [5.41, 5.74) is 2.15. The molecule has 0 saturated carbocycles. The zero-order chi connectivity index (χ0) is 13.0. The number of aryl methyl sites for hydroxylation is 2. The number of phenolic OH excluding ortho intramolecular Hbond substituents is 1. The van der Waals surface area contributed by atoms with E-state index in [1.807, 2.05) is 30.3 Å². The van der Waals surface area contributed by atoms with Gasteiger partial charge >= 0.3 is 5.97 Å². The van der Waals surface area contributed by atoms with Crippen molar-refractivity contribution in [3.05, 3.63) is 65.2 Å². The molecule has 0 fully saturated rings. The van der Waals surface area contributed by atoms with Crippen LogP contribution in [0, 0.1) is 0 Å². The third-order valence-electron chi connectivity index (χ3n) is 2.77. The van der Waals surface area contributed by atoms with Gasteiger partial charge in [0.25, 0.3) is 0 Å². The Bertz CT molecular complexity index is 547. The Hall–Kier alpha value is -2.29. The number of carboxylic acid groups (broad SMARTS) is 1. The minimum atomic E-state index is -1.02. The maximum atomic E-state index is 10.9. The molecule has 0 aliphatic heterocycles. The lowest BCUT2D eigenvalue weighted by molar-refractivity contribution is 0.0696. The summed E-state index contributed by atoms with van der Waals surface area (Å²) < 4.78 is 0. The minimum absolute atomic E-state index is 0.00189. The van der Waals surface area contributed by atoms with E-state index in [1.54, 1.807) is 12.1 Å². The summed E-state index contributed by atoms with van der Waals surface area (Å²) >= 11 is 0. The lowest BCUT2D eigenvalue weighted by Crippen LogP contribution is -1.98. The highest BCUT2D eigenvalue weighted by Gasteiger charge is 2.06. The number of aromatic carboxylic acids is 1. The third-order valence-corrected chi connectivity index (χ3v) is 2.77. The number of hydrogen-bond donors (Lipinski definition) is 2. The van der Waals surface area contributed by atoms with E-state index in [4.69, 9.17) is 5.11 Å². The fraction of sp³-hybridized carbons (Fsp3) is 0.133. The second-order valence-corrected chi connectivity index (χ2v) is 4.18. The molecule has 2 rings (SSSR count). The predicted octanol–water partition coefficient (Wildman–Crippen LogP) is 2.88. The van der Waals surface area contributed by atoms with Gasteiger partial charge in [0.2, 0.25) is 0 Å². The fourth-order valence-electron chi connectivity index (χ4n) is 1.88. The lowest BCUT2D eigenvalue weighted by atomic mass is 10.0. The van der Waals surface area contributed by atoms with Crippen molar-refractivity contribution in [3.8, 4) is 5.75 Å². The number of phenols is 1. The molecule has 0 amide bonds. The summed E-state index contributed by atoms with van der Waals surface area (Å²) in [7, 11) is 0. The second kappa shape index (κ2) is 5.36. The first kappa shape index (κ1) is 12.2. The van der Waals surface area contributed by atoms with Gasteiger partial charge in [-0.2, -0.15) is 0 Å². The van der Waals surface area contributed by atoms with Gasteiger partial charge in [-0.1, -0.05) is 30.3 Å². The van der Waals surface area contributed by atoms with Gasteiger partial charge in [0, 0.05) is 0 Å². The van der Waals surface area contributed by atoms with E-state index in [0.29, 0.717) is 6.42 Å². The number of carboxylic acids is 1. The van der Waals surface area contributed by atoms with E-state index in [-0.39, 0.29) is 11.3 Å². The van der Waals surface area contributed by atoms with Crippen LogP contribution in [0.1, 0.15) is 21.5 Å². The van der Waals surface area contributed by atoms with Crippen LogP contribution in [0.15, 0.2) is 48.5 Å². The van der Waals surface area contributed by atoms with Gasteiger partial charge in [0.1, 0.15) is 5.75 Å². The van der Waals surface area contributed by atoms with Crippen LogP contribution >= 0.6 is 0 Å². The van der Waals surface area contributed by atoms with Gasteiger partial charge < -0.3 is 10.2 Å². The highest BCUT2D eigenvalue weighted by atomic mass is 16.4.